The highest BCUT2D eigenvalue weighted by molar-refractivity contribution is 5.99. The van der Waals surface area contributed by atoms with E-state index in [1.807, 2.05) is 42.1 Å². The molecular formula is C19H22N4O. The van der Waals surface area contributed by atoms with Crippen molar-refractivity contribution in [1.29, 1.82) is 0 Å². The lowest BCUT2D eigenvalue weighted by Crippen LogP contribution is -2.35. The second-order valence-corrected chi connectivity index (χ2v) is 6.65. The van der Waals surface area contributed by atoms with Crippen LogP contribution in [-0.2, 0) is 19.4 Å². The number of aryl methyl sites for hydroxylation is 2. The third-order valence-corrected chi connectivity index (χ3v) is 4.76. The van der Waals surface area contributed by atoms with Crippen LogP contribution in [0.3, 0.4) is 0 Å². The number of H-pyrrole nitrogens is 1. The minimum Gasteiger partial charge on any atom is -0.358 e. The normalized spacial score (nSPS) is 15.2. The van der Waals surface area contributed by atoms with Gasteiger partial charge in [-0.05, 0) is 62.4 Å². The Hall–Kier alpha value is -2.56. The Morgan fingerprint density at radius 2 is 2.25 bits per heavy atom. The quantitative estimate of drug-likeness (QED) is 0.775. The summed E-state index contributed by atoms with van der Waals surface area (Å²) >= 11 is 0. The van der Waals surface area contributed by atoms with Gasteiger partial charge < -0.3 is 10.3 Å². The molecule has 3 aromatic rings. The van der Waals surface area contributed by atoms with Crippen LogP contribution in [0.15, 0.2) is 36.7 Å². The number of aromatic nitrogens is 3. The standard InChI is InChI=1S/C19H22N4O/c1-13(12-23-10-4-9-20-23)21-19(24)14-7-8-18-16(11-14)15-5-2-3-6-17(15)22-18/h4,7-11,13,22H,2-3,5-6,12H2,1H3,(H,21,24). The van der Waals surface area contributed by atoms with E-state index < -0.39 is 0 Å². The summed E-state index contributed by atoms with van der Waals surface area (Å²) in [6, 6.07) is 7.87. The molecule has 5 heteroatoms. The summed E-state index contributed by atoms with van der Waals surface area (Å²) < 4.78 is 1.83. The summed E-state index contributed by atoms with van der Waals surface area (Å²) in [7, 11) is 0. The molecule has 0 spiro atoms. The van der Waals surface area contributed by atoms with Crippen LogP contribution in [0.1, 0.15) is 41.4 Å². The molecule has 0 aliphatic heterocycles. The molecule has 2 aromatic heterocycles. The highest BCUT2D eigenvalue weighted by Gasteiger charge is 2.17. The predicted molar refractivity (Wildman–Crippen MR) is 94.1 cm³/mol. The molecular weight excluding hydrogens is 300 g/mol. The van der Waals surface area contributed by atoms with Gasteiger partial charge in [0.1, 0.15) is 0 Å². The Morgan fingerprint density at radius 1 is 1.38 bits per heavy atom. The monoisotopic (exact) mass is 322 g/mol. The van der Waals surface area contributed by atoms with Crippen molar-refractivity contribution in [2.45, 2.75) is 45.2 Å². The zero-order valence-corrected chi connectivity index (χ0v) is 13.9. The molecule has 0 fully saturated rings. The van der Waals surface area contributed by atoms with Gasteiger partial charge in [-0.3, -0.25) is 9.48 Å². The number of amides is 1. The topological polar surface area (TPSA) is 62.7 Å². The van der Waals surface area contributed by atoms with Crippen molar-refractivity contribution < 1.29 is 4.79 Å². The lowest BCUT2D eigenvalue weighted by atomic mass is 9.95. The van der Waals surface area contributed by atoms with Gasteiger partial charge >= 0.3 is 0 Å². The Bertz CT molecular complexity index is 863. The Labute approximate surface area is 141 Å². The Morgan fingerprint density at radius 3 is 3.08 bits per heavy atom. The number of carbonyl (C=O) groups is 1. The summed E-state index contributed by atoms with van der Waals surface area (Å²) in [6.45, 7) is 2.66. The first-order chi connectivity index (χ1) is 11.7. The SMILES string of the molecule is CC(Cn1cccn1)NC(=O)c1ccc2[nH]c3c(c2c1)CCCC3. The first-order valence-corrected chi connectivity index (χ1v) is 8.62. The molecule has 1 unspecified atom stereocenters. The fourth-order valence-electron chi connectivity index (χ4n) is 3.59. The second kappa shape index (κ2) is 6.15. The van der Waals surface area contributed by atoms with Crippen LogP contribution in [0.4, 0.5) is 0 Å². The predicted octanol–water partition coefficient (Wildman–Crippen LogP) is 3.06. The number of carbonyl (C=O) groups excluding carboxylic acids is 1. The molecule has 24 heavy (non-hydrogen) atoms. The van der Waals surface area contributed by atoms with Crippen LogP contribution in [0.5, 0.6) is 0 Å². The van der Waals surface area contributed by atoms with Gasteiger partial charge in [-0.15, -0.1) is 0 Å². The van der Waals surface area contributed by atoms with Gasteiger partial charge in [-0.2, -0.15) is 5.10 Å². The van der Waals surface area contributed by atoms with Gasteiger partial charge in [0.15, 0.2) is 0 Å². The van der Waals surface area contributed by atoms with Crippen LogP contribution in [-0.4, -0.2) is 26.7 Å². The maximum Gasteiger partial charge on any atom is 0.251 e. The molecule has 0 saturated heterocycles. The highest BCUT2D eigenvalue weighted by atomic mass is 16.1. The van der Waals surface area contributed by atoms with Gasteiger partial charge in [0.05, 0.1) is 6.54 Å². The largest absolute Gasteiger partial charge is 0.358 e. The number of rotatable bonds is 4. The van der Waals surface area contributed by atoms with Crippen molar-refractivity contribution in [3.8, 4) is 0 Å². The first kappa shape index (κ1) is 15.0. The minimum atomic E-state index is -0.0256. The van der Waals surface area contributed by atoms with E-state index in [-0.39, 0.29) is 11.9 Å². The van der Waals surface area contributed by atoms with Crippen molar-refractivity contribution >= 4 is 16.8 Å². The number of nitrogens with zero attached hydrogens (tertiary/aromatic N) is 2. The van der Waals surface area contributed by atoms with E-state index >= 15 is 0 Å². The van der Waals surface area contributed by atoms with Gasteiger partial charge in [0.25, 0.3) is 5.91 Å². The number of aromatic amines is 1. The van der Waals surface area contributed by atoms with E-state index in [1.165, 1.54) is 29.5 Å². The maximum atomic E-state index is 12.6. The van der Waals surface area contributed by atoms with E-state index in [2.05, 4.69) is 15.4 Å². The van der Waals surface area contributed by atoms with Crippen LogP contribution < -0.4 is 5.32 Å². The molecule has 0 radical (unpaired) electrons. The molecule has 124 valence electrons. The summed E-state index contributed by atoms with van der Waals surface area (Å²) in [5.74, 6) is -0.0256. The molecule has 0 bridgehead atoms. The van der Waals surface area contributed by atoms with Crippen LogP contribution in [0.2, 0.25) is 0 Å². The average Bonchev–Trinajstić information content (AvgIpc) is 3.21. The minimum absolute atomic E-state index is 0.0215. The third-order valence-electron chi connectivity index (χ3n) is 4.76. The van der Waals surface area contributed by atoms with Crippen molar-refractivity contribution in [2.24, 2.45) is 0 Å². The highest BCUT2D eigenvalue weighted by Crippen LogP contribution is 2.29. The molecule has 1 aliphatic rings. The van der Waals surface area contributed by atoms with E-state index in [9.17, 15) is 4.79 Å². The molecule has 2 heterocycles. The number of hydrogen-bond donors (Lipinski definition) is 2. The zero-order valence-electron chi connectivity index (χ0n) is 13.9. The number of hydrogen-bond acceptors (Lipinski definition) is 2. The van der Waals surface area contributed by atoms with Crippen LogP contribution in [0.25, 0.3) is 10.9 Å². The van der Waals surface area contributed by atoms with Crippen LogP contribution >= 0.6 is 0 Å². The molecule has 4 rings (SSSR count). The van der Waals surface area contributed by atoms with E-state index in [4.69, 9.17) is 0 Å². The molecule has 5 nitrogen and oxygen atoms in total. The molecule has 0 saturated carbocycles. The summed E-state index contributed by atoms with van der Waals surface area (Å²) in [5, 5.41) is 8.45. The Balaban J connectivity index is 1.53. The van der Waals surface area contributed by atoms with Gasteiger partial charge in [0.2, 0.25) is 0 Å². The van der Waals surface area contributed by atoms with Crippen molar-refractivity contribution in [3.63, 3.8) is 0 Å². The van der Waals surface area contributed by atoms with E-state index in [1.54, 1.807) is 6.20 Å². The fourth-order valence-corrected chi connectivity index (χ4v) is 3.59. The number of fused-ring (bicyclic) bond motifs is 3. The summed E-state index contributed by atoms with van der Waals surface area (Å²) in [5.41, 5.74) is 4.61. The average molecular weight is 322 g/mol. The summed E-state index contributed by atoms with van der Waals surface area (Å²) in [6.07, 6.45) is 8.36. The fraction of sp³-hybridized carbons (Fsp3) is 0.368. The van der Waals surface area contributed by atoms with Crippen molar-refractivity contribution in [3.05, 3.63) is 53.5 Å². The smallest absolute Gasteiger partial charge is 0.251 e. The first-order valence-electron chi connectivity index (χ1n) is 8.62. The molecule has 1 aromatic carbocycles. The van der Waals surface area contributed by atoms with Crippen LogP contribution in [0, 0.1) is 0 Å². The number of benzene rings is 1. The van der Waals surface area contributed by atoms with Gasteiger partial charge in [0, 0.05) is 40.6 Å². The van der Waals surface area contributed by atoms with Gasteiger partial charge in [-0.1, -0.05) is 0 Å². The molecule has 1 atom stereocenters. The molecule has 2 N–H and O–H groups in total. The summed E-state index contributed by atoms with van der Waals surface area (Å²) in [4.78, 5) is 16.1. The van der Waals surface area contributed by atoms with Gasteiger partial charge in [-0.25, -0.2) is 0 Å². The van der Waals surface area contributed by atoms with E-state index in [0.717, 1.165) is 23.9 Å². The molecule has 1 amide bonds. The van der Waals surface area contributed by atoms with E-state index in [0.29, 0.717) is 6.54 Å². The lowest BCUT2D eigenvalue weighted by molar-refractivity contribution is 0.0936. The number of nitrogens with one attached hydrogen (secondary N) is 2. The van der Waals surface area contributed by atoms with Crippen molar-refractivity contribution in [2.75, 3.05) is 0 Å². The second-order valence-electron chi connectivity index (χ2n) is 6.65. The zero-order chi connectivity index (χ0) is 16.5. The molecule has 1 aliphatic carbocycles. The van der Waals surface area contributed by atoms with Crippen molar-refractivity contribution in [1.82, 2.24) is 20.1 Å². The lowest BCUT2D eigenvalue weighted by Gasteiger charge is -2.14. The maximum absolute atomic E-state index is 12.6. The third kappa shape index (κ3) is 2.82. The Kier molecular flexibility index (Phi) is 3.84.